The van der Waals surface area contributed by atoms with E-state index in [0.717, 1.165) is 6.42 Å². The van der Waals surface area contributed by atoms with Gasteiger partial charge in [-0.15, -0.1) is 0 Å². The van der Waals surface area contributed by atoms with Crippen LogP contribution in [0.4, 0.5) is 0 Å². The van der Waals surface area contributed by atoms with E-state index in [1.807, 2.05) is 20.8 Å². The molecule has 0 aromatic rings. The maximum absolute atomic E-state index is 11.5. The van der Waals surface area contributed by atoms with Crippen molar-refractivity contribution in [1.82, 2.24) is 0 Å². The van der Waals surface area contributed by atoms with Crippen LogP contribution in [0.1, 0.15) is 34.1 Å². The average molecular weight is 214 g/mol. The lowest BCUT2D eigenvalue weighted by Crippen LogP contribution is -2.25. The van der Waals surface area contributed by atoms with Gasteiger partial charge < -0.3 is 9.84 Å². The van der Waals surface area contributed by atoms with E-state index in [1.54, 1.807) is 0 Å². The molecule has 0 amide bonds. The third kappa shape index (κ3) is 3.49. The number of esters is 1. The summed E-state index contributed by atoms with van der Waals surface area (Å²) in [6.45, 7) is 8.39. The van der Waals surface area contributed by atoms with Gasteiger partial charge in [-0.2, -0.15) is 0 Å². The zero-order chi connectivity index (χ0) is 11.6. The van der Waals surface area contributed by atoms with Gasteiger partial charge in [-0.05, 0) is 44.9 Å². The van der Waals surface area contributed by atoms with Crippen LogP contribution in [0, 0.1) is 23.2 Å². The highest BCUT2D eigenvalue weighted by atomic mass is 16.5. The van der Waals surface area contributed by atoms with E-state index in [1.165, 1.54) is 0 Å². The number of ether oxygens (including phenoxy) is 1. The van der Waals surface area contributed by atoms with Crippen LogP contribution in [0.15, 0.2) is 0 Å². The Morgan fingerprint density at radius 3 is 2.53 bits per heavy atom. The second kappa shape index (κ2) is 4.52. The maximum Gasteiger partial charge on any atom is 0.311 e. The molecule has 3 heteroatoms. The van der Waals surface area contributed by atoms with E-state index in [-0.39, 0.29) is 12.6 Å². The summed E-state index contributed by atoms with van der Waals surface area (Å²) in [4.78, 5) is 11.5. The number of rotatable bonds is 4. The lowest BCUT2D eigenvalue weighted by molar-refractivity contribution is -0.154. The van der Waals surface area contributed by atoms with Gasteiger partial charge >= 0.3 is 5.97 Å². The van der Waals surface area contributed by atoms with Crippen molar-refractivity contribution >= 4 is 5.97 Å². The molecule has 0 spiro atoms. The Kier molecular flexibility index (Phi) is 3.77. The molecule has 0 aliphatic heterocycles. The second-order valence-corrected chi connectivity index (χ2v) is 5.67. The number of carbonyl (C=O) groups excluding carboxylic acids is 1. The van der Waals surface area contributed by atoms with Gasteiger partial charge in [0.15, 0.2) is 0 Å². The zero-order valence-electron chi connectivity index (χ0n) is 10.1. The molecule has 1 saturated carbocycles. The molecule has 1 fully saturated rings. The predicted octanol–water partition coefficient (Wildman–Crippen LogP) is 1.84. The summed E-state index contributed by atoms with van der Waals surface area (Å²) in [6, 6.07) is 0. The normalized spacial score (nSPS) is 27.3. The van der Waals surface area contributed by atoms with Gasteiger partial charge in [0.1, 0.15) is 0 Å². The minimum atomic E-state index is -0.417. The zero-order valence-corrected chi connectivity index (χ0v) is 10.1. The first kappa shape index (κ1) is 12.5. The molecule has 0 aromatic heterocycles. The molecule has 0 saturated heterocycles. The van der Waals surface area contributed by atoms with Crippen LogP contribution in [0.25, 0.3) is 0 Å². The molecule has 0 heterocycles. The molecule has 3 atom stereocenters. The van der Waals surface area contributed by atoms with E-state index >= 15 is 0 Å². The Morgan fingerprint density at radius 2 is 2.13 bits per heavy atom. The molecule has 88 valence electrons. The van der Waals surface area contributed by atoms with E-state index in [2.05, 4.69) is 6.92 Å². The van der Waals surface area contributed by atoms with Gasteiger partial charge in [-0.25, -0.2) is 0 Å². The summed E-state index contributed by atoms with van der Waals surface area (Å²) in [7, 11) is 0. The molecule has 3 nitrogen and oxygen atoms in total. The van der Waals surface area contributed by atoms with Gasteiger partial charge in [0, 0.05) is 6.61 Å². The van der Waals surface area contributed by atoms with Crippen molar-refractivity contribution < 1.29 is 14.6 Å². The molecule has 15 heavy (non-hydrogen) atoms. The highest BCUT2D eigenvalue weighted by molar-refractivity contribution is 5.75. The quantitative estimate of drug-likeness (QED) is 0.726. The standard InChI is InChI=1S/C12H22O3/c1-8(10-5-9(10)6-13)7-15-11(14)12(2,3)4/h8-10,13H,5-7H2,1-4H3/t8-,9+,10+/m0/s1. The van der Waals surface area contributed by atoms with Crippen LogP contribution in [0.3, 0.4) is 0 Å². The first-order valence-electron chi connectivity index (χ1n) is 5.64. The molecule has 1 N–H and O–H groups in total. The first-order chi connectivity index (χ1) is 6.86. The predicted molar refractivity (Wildman–Crippen MR) is 58.3 cm³/mol. The van der Waals surface area contributed by atoms with E-state index in [4.69, 9.17) is 9.84 Å². The first-order valence-corrected chi connectivity index (χ1v) is 5.64. The summed E-state index contributed by atoms with van der Waals surface area (Å²) in [5.74, 6) is 1.21. The fraction of sp³-hybridized carbons (Fsp3) is 0.917. The topological polar surface area (TPSA) is 46.5 Å². The lowest BCUT2D eigenvalue weighted by atomic mass is 9.97. The molecule has 0 bridgehead atoms. The Hall–Kier alpha value is -0.570. The molecule has 0 radical (unpaired) electrons. The molecule has 1 aliphatic carbocycles. The van der Waals surface area contributed by atoms with Crippen molar-refractivity contribution in [2.24, 2.45) is 23.2 Å². The largest absolute Gasteiger partial charge is 0.465 e. The Morgan fingerprint density at radius 1 is 1.53 bits per heavy atom. The number of aliphatic hydroxyl groups excluding tert-OH is 1. The van der Waals surface area contributed by atoms with Gasteiger partial charge in [0.2, 0.25) is 0 Å². The number of hydrogen-bond donors (Lipinski definition) is 1. The highest BCUT2D eigenvalue weighted by Crippen LogP contribution is 2.43. The summed E-state index contributed by atoms with van der Waals surface area (Å²) >= 11 is 0. The fourth-order valence-electron chi connectivity index (χ4n) is 1.73. The number of aliphatic hydroxyl groups is 1. The van der Waals surface area contributed by atoms with Crippen molar-refractivity contribution in [3.8, 4) is 0 Å². The minimum absolute atomic E-state index is 0.143. The third-order valence-electron chi connectivity index (χ3n) is 3.03. The SMILES string of the molecule is C[C@@H](COC(=O)C(C)(C)C)[C@H]1C[C@@H]1CO. The summed E-state index contributed by atoms with van der Waals surface area (Å²) < 4.78 is 5.24. The van der Waals surface area contributed by atoms with Crippen LogP contribution >= 0.6 is 0 Å². The van der Waals surface area contributed by atoms with E-state index in [9.17, 15) is 4.79 Å². The van der Waals surface area contributed by atoms with Crippen molar-refractivity contribution in [3.63, 3.8) is 0 Å². The minimum Gasteiger partial charge on any atom is -0.465 e. The maximum atomic E-state index is 11.5. The van der Waals surface area contributed by atoms with E-state index < -0.39 is 5.41 Å². The van der Waals surface area contributed by atoms with Crippen LogP contribution in [-0.4, -0.2) is 24.3 Å². The Labute approximate surface area is 91.8 Å². The molecule has 1 rings (SSSR count). The summed E-state index contributed by atoms with van der Waals surface area (Å²) in [5.41, 5.74) is -0.417. The highest BCUT2D eigenvalue weighted by Gasteiger charge is 2.40. The van der Waals surface area contributed by atoms with Crippen LogP contribution in [0.5, 0.6) is 0 Å². The van der Waals surface area contributed by atoms with Crippen LogP contribution in [-0.2, 0) is 9.53 Å². The molecule has 0 unspecified atom stereocenters. The smallest absolute Gasteiger partial charge is 0.311 e. The van der Waals surface area contributed by atoms with Crippen LogP contribution < -0.4 is 0 Å². The number of carbonyl (C=O) groups is 1. The lowest BCUT2D eigenvalue weighted by Gasteiger charge is -2.19. The van der Waals surface area contributed by atoms with E-state index in [0.29, 0.717) is 24.4 Å². The third-order valence-corrected chi connectivity index (χ3v) is 3.03. The second-order valence-electron chi connectivity index (χ2n) is 5.67. The van der Waals surface area contributed by atoms with Gasteiger partial charge in [0.25, 0.3) is 0 Å². The van der Waals surface area contributed by atoms with Crippen molar-refractivity contribution in [2.45, 2.75) is 34.1 Å². The average Bonchev–Trinajstić information content (AvgIpc) is 2.90. The fourth-order valence-corrected chi connectivity index (χ4v) is 1.73. The molecular weight excluding hydrogens is 192 g/mol. The van der Waals surface area contributed by atoms with Gasteiger partial charge in [0.05, 0.1) is 12.0 Å². The monoisotopic (exact) mass is 214 g/mol. The van der Waals surface area contributed by atoms with Crippen molar-refractivity contribution in [1.29, 1.82) is 0 Å². The van der Waals surface area contributed by atoms with Gasteiger partial charge in [-0.3, -0.25) is 4.79 Å². The van der Waals surface area contributed by atoms with Crippen LogP contribution in [0.2, 0.25) is 0 Å². The molecule has 0 aromatic carbocycles. The number of hydrogen-bond acceptors (Lipinski definition) is 3. The summed E-state index contributed by atoms with van der Waals surface area (Å²) in [5, 5.41) is 8.92. The Balaban J connectivity index is 2.23. The van der Waals surface area contributed by atoms with Crippen molar-refractivity contribution in [3.05, 3.63) is 0 Å². The Bertz CT molecular complexity index is 230. The molecular formula is C12H22O3. The molecule has 1 aliphatic rings. The van der Waals surface area contributed by atoms with Crippen molar-refractivity contribution in [2.75, 3.05) is 13.2 Å². The summed E-state index contributed by atoms with van der Waals surface area (Å²) in [6.07, 6.45) is 1.07. The van der Waals surface area contributed by atoms with Gasteiger partial charge in [-0.1, -0.05) is 6.92 Å².